The molecule has 0 heterocycles. The number of methoxy groups -OCH3 is 1. The van der Waals surface area contributed by atoms with Crippen LogP contribution in [0.2, 0.25) is 10.0 Å². The summed E-state index contributed by atoms with van der Waals surface area (Å²) in [5, 5.41) is 9.42. The van der Waals surface area contributed by atoms with E-state index < -0.39 is 0 Å². The molecule has 0 aliphatic heterocycles. The van der Waals surface area contributed by atoms with Gasteiger partial charge in [-0.15, -0.1) is 0 Å². The Morgan fingerprint density at radius 1 is 0.879 bits per heavy atom. The highest BCUT2D eigenvalue weighted by Gasteiger charge is 2.16. The number of carbonyl (C=O) groups excluding carboxylic acids is 2. The van der Waals surface area contributed by atoms with Gasteiger partial charge in [0.25, 0.3) is 0 Å². The fourth-order valence-corrected chi connectivity index (χ4v) is 3.43. The molecular weight excluding hydrogens is 463 g/mol. The van der Waals surface area contributed by atoms with Crippen LogP contribution in [-0.2, 0) is 0 Å². The Balaban J connectivity index is 1.60. The third kappa shape index (κ3) is 7.59. The Labute approximate surface area is 202 Å². The third-order valence-electron chi connectivity index (χ3n) is 4.63. The maximum atomic E-state index is 13.0. The fraction of sp³-hybridized carbons (Fsp3) is 0.167. The minimum atomic E-state index is -0.350. The van der Waals surface area contributed by atoms with Crippen molar-refractivity contribution >= 4 is 52.3 Å². The van der Waals surface area contributed by atoms with Crippen LogP contribution in [0.1, 0.15) is 6.42 Å². The first-order valence-electron chi connectivity index (χ1n) is 10.2. The normalized spacial score (nSPS) is 10.3. The number of nitrogens with zero attached hydrogens (tertiary/aromatic N) is 1. The minimum absolute atomic E-state index is 0.314. The molecule has 0 atom stereocenters. The van der Waals surface area contributed by atoms with Crippen LogP contribution in [0.25, 0.3) is 0 Å². The number of ether oxygens (including phenoxy) is 1. The van der Waals surface area contributed by atoms with E-state index in [1.54, 1.807) is 84.8 Å². The summed E-state index contributed by atoms with van der Waals surface area (Å²) < 4.78 is 5.20. The van der Waals surface area contributed by atoms with Gasteiger partial charge in [0.05, 0.1) is 7.11 Å². The summed E-state index contributed by atoms with van der Waals surface area (Å²) in [4.78, 5) is 26.7. The largest absolute Gasteiger partial charge is 0.497 e. The lowest BCUT2D eigenvalue weighted by Gasteiger charge is -2.24. The number of hydrogen-bond acceptors (Lipinski definition) is 3. The van der Waals surface area contributed by atoms with Gasteiger partial charge < -0.3 is 20.7 Å². The smallest absolute Gasteiger partial charge is 0.326 e. The number of carbonyl (C=O) groups is 2. The van der Waals surface area contributed by atoms with Crippen LogP contribution in [0.5, 0.6) is 5.75 Å². The van der Waals surface area contributed by atoms with Crippen LogP contribution in [0.3, 0.4) is 0 Å². The summed E-state index contributed by atoms with van der Waals surface area (Å²) in [6.07, 6.45) is 0.526. The van der Waals surface area contributed by atoms with Crippen molar-refractivity contribution in [2.75, 3.05) is 35.7 Å². The second-order valence-electron chi connectivity index (χ2n) is 7.03. The zero-order chi connectivity index (χ0) is 23.6. The van der Waals surface area contributed by atoms with E-state index in [4.69, 9.17) is 27.9 Å². The quantitative estimate of drug-likeness (QED) is 0.329. The molecule has 0 unspecified atom stereocenters. The van der Waals surface area contributed by atoms with Gasteiger partial charge in [0, 0.05) is 40.2 Å². The SMILES string of the molecule is COc1ccc(N(CCCNC(=O)Nc2cccc(Cl)c2)C(=O)Nc2cccc(Cl)c2)cc1. The number of rotatable bonds is 8. The fourth-order valence-electron chi connectivity index (χ4n) is 3.05. The van der Waals surface area contributed by atoms with E-state index in [1.807, 2.05) is 0 Å². The van der Waals surface area contributed by atoms with Crippen LogP contribution in [0.15, 0.2) is 72.8 Å². The molecule has 4 amide bonds. The van der Waals surface area contributed by atoms with E-state index in [9.17, 15) is 9.59 Å². The van der Waals surface area contributed by atoms with Crippen molar-refractivity contribution < 1.29 is 14.3 Å². The Morgan fingerprint density at radius 2 is 1.48 bits per heavy atom. The number of hydrogen-bond donors (Lipinski definition) is 3. The van der Waals surface area contributed by atoms with Crippen molar-refractivity contribution in [2.24, 2.45) is 0 Å². The highest BCUT2D eigenvalue weighted by atomic mass is 35.5. The number of amides is 4. The van der Waals surface area contributed by atoms with E-state index >= 15 is 0 Å². The number of urea groups is 2. The number of benzene rings is 3. The highest BCUT2D eigenvalue weighted by molar-refractivity contribution is 6.31. The van der Waals surface area contributed by atoms with E-state index in [0.29, 0.717) is 52.4 Å². The highest BCUT2D eigenvalue weighted by Crippen LogP contribution is 2.22. The zero-order valence-electron chi connectivity index (χ0n) is 18.0. The van der Waals surface area contributed by atoms with Gasteiger partial charge in [-0.05, 0) is 67.1 Å². The number of nitrogens with one attached hydrogen (secondary N) is 3. The molecule has 0 fully saturated rings. The van der Waals surface area contributed by atoms with Gasteiger partial charge in [-0.25, -0.2) is 9.59 Å². The molecule has 0 bridgehead atoms. The summed E-state index contributed by atoms with van der Waals surface area (Å²) in [6.45, 7) is 0.736. The lowest BCUT2D eigenvalue weighted by atomic mass is 10.2. The lowest BCUT2D eigenvalue weighted by Crippen LogP contribution is -2.38. The van der Waals surface area contributed by atoms with E-state index in [-0.39, 0.29) is 12.1 Å². The lowest BCUT2D eigenvalue weighted by molar-refractivity contribution is 0.252. The van der Waals surface area contributed by atoms with Gasteiger partial charge in [-0.2, -0.15) is 0 Å². The average molecular weight is 487 g/mol. The Bertz CT molecular complexity index is 1090. The van der Waals surface area contributed by atoms with Crippen molar-refractivity contribution in [1.82, 2.24) is 5.32 Å². The monoisotopic (exact) mass is 486 g/mol. The zero-order valence-corrected chi connectivity index (χ0v) is 19.5. The van der Waals surface area contributed by atoms with Gasteiger partial charge >= 0.3 is 12.1 Å². The summed E-state index contributed by atoms with van der Waals surface area (Å²) >= 11 is 12.0. The maximum absolute atomic E-state index is 13.0. The Kier molecular flexibility index (Phi) is 8.80. The van der Waals surface area contributed by atoms with Crippen molar-refractivity contribution in [3.05, 3.63) is 82.8 Å². The van der Waals surface area contributed by atoms with Crippen LogP contribution in [-0.4, -0.2) is 32.3 Å². The van der Waals surface area contributed by atoms with Gasteiger partial charge in [-0.3, -0.25) is 4.90 Å². The molecule has 0 radical (unpaired) electrons. The minimum Gasteiger partial charge on any atom is -0.497 e. The first-order chi connectivity index (χ1) is 15.9. The van der Waals surface area contributed by atoms with Crippen LogP contribution in [0, 0.1) is 0 Å². The molecule has 172 valence electrons. The van der Waals surface area contributed by atoms with E-state index in [0.717, 1.165) is 0 Å². The third-order valence-corrected chi connectivity index (χ3v) is 5.10. The molecule has 0 aliphatic rings. The van der Waals surface area contributed by atoms with Crippen molar-refractivity contribution in [2.45, 2.75) is 6.42 Å². The molecule has 3 aromatic rings. The molecule has 0 aliphatic carbocycles. The second kappa shape index (κ2) is 12.0. The summed E-state index contributed by atoms with van der Waals surface area (Å²) in [7, 11) is 1.58. The summed E-state index contributed by atoms with van der Waals surface area (Å²) in [5.74, 6) is 0.688. The van der Waals surface area contributed by atoms with Gasteiger partial charge in [-0.1, -0.05) is 35.3 Å². The van der Waals surface area contributed by atoms with E-state index in [2.05, 4.69) is 16.0 Å². The Morgan fingerprint density at radius 3 is 2.06 bits per heavy atom. The first kappa shape index (κ1) is 24.2. The summed E-state index contributed by atoms with van der Waals surface area (Å²) in [6, 6.07) is 20.3. The summed E-state index contributed by atoms with van der Waals surface area (Å²) in [5.41, 5.74) is 1.88. The predicted molar refractivity (Wildman–Crippen MR) is 134 cm³/mol. The van der Waals surface area contributed by atoms with Gasteiger partial charge in [0.15, 0.2) is 0 Å². The molecule has 9 heteroatoms. The molecule has 33 heavy (non-hydrogen) atoms. The number of anilines is 3. The predicted octanol–water partition coefficient (Wildman–Crippen LogP) is 6.25. The molecule has 0 aromatic heterocycles. The first-order valence-corrected chi connectivity index (χ1v) is 11.0. The van der Waals surface area contributed by atoms with Crippen molar-refractivity contribution in [1.29, 1.82) is 0 Å². The molecule has 3 rings (SSSR count). The van der Waals surface area contributed by atoms with Crippen LogP contribution >= 0.6 is 23.2 Å². The standard InChI is InChI=1S/C24H24Cl2N4O3/c1-33-22-11-9-21(10-12-22)30(24(32)29-20-8-3-6-18(26)16-20)14-4-13-27-23(31)28-19-7-2-5-17(25)15-19/h2-3,5-12,15-16H,4,13-14H2,1H3,(H,29,32)(H2,27,28,31). The maximum Gasteiger partial charge on any atom is 0.326 e. The van der Waals surface area contributed by atoms with Gasteiger partial charge in [0.1, 0.15) is 5.75 Å². The second-order valence-corrected chi connectivity index (χ2v) is 7.91. The molecule has 3 N–H and O–H groups in total. The number of halogens is 2. The van der Waals surface area contributed by atoms with Crippen molar-refractivity contribution in [3.8, 4) is 5.75 Å². The van der Waals surface area contributed by atoms with Crippen molar-refractivity contribution in [3.63, 3.8) is 0 Å². The van der Waals surface area contributed by atoms with Crippen LogP contribution in [0.4, 0.5) is 26.7 Å². The van der Waals surface area contributed by atoms with Gasteiger partial charge in [0.2, 0.25) is 0 Å². The Hall–Kier alpha value is -3.42. The molecule has 0 saturated carbocycles. The molecular formula is C24H24Cl2N4O3. The molecule has 3 aromatic carbocycles. The molecule has 0 spiro atoms. The average Bonchev–Trinajstić information content (AvgIpc) is 2.79. The molecule has 0 saturated heterocycles. The van der Waals surface area contributed by atoms with E-state index in [1.165, 1.54) is 0 Å². The topological polar surface area (TPSA) is 82.7 Å². The molecule has 7 nitrogen and oxygen atoms in total. The van der Waals surface area contributed by atoms with Crippen LogP contribution < -0.4 is 25.6 Å².